The molecular formula is C25H36O4. The van der Waals surface area contributed by atoms with Crippen LogP contribution in [0.1, 0.15) is 66.7 Å². The molecule has 4 heteroatoms. The first kappa shape index (κ1) is 21.9. The van der Waals surface area contributed by atoms with Gasteiger partial charge in [-0.2, -0.15) is 0 Å². The van der Waals surface area contributed by atoms with Crippen LogP contribution < -0.4 is 0 Å². The van der Waals surface area contributed by atoms with Crippen molar-refractivity contribution in [3.63, 3.8) is 0 Å². The topological polar surface area (TPSA) is 52.6 Å². The monoisotopic (exact) mass is 400 g/mol. The minimum atomic E-state index is -0.460. The van der Waals surface area contributed by atoms with Crippen molar-refractivity contribution in [3.05, 3.63) is 36.0 Å². The van der Waals surface area contributed by atoms with Gasteiger partial charge >= 0.3 is 11.9 Å². The standard InChI is InChI=1S/C25H36O4/c1-6-25(4,5)24(27)29-21-15-16(2)14-18-11-10-17(3)20(23(18)21)13-12-19-8-7-9-22(26)28-19/h7,9-11,14,16-17,19-21,23H,6,8,12-13,15H2,1-5H3/t16-,17-,19-,20-,21-,23?/m0/s1. The van der Waals surface area contributed by atoms with Crippen molar-refractivity contribution in [1.29, 1.82) is 0 Å². The normalized spacial score (nSPS) is 34.2. The van der Waals surface area contributed by atoms with E-state index in [0.717, 1.165) is 32.1 Å². The highest BCUT2D eigenvalue weighted by molar-refractivity contribution is 5.82. The van der Waals surface area contributed by atoms with E-state index in [2.05, 4.69) is 32.1 Å². The molecule has 0 saturated carbocycles. The smallest absolute Gasteiger partial charge is 0.330 e. The molecule has 0 spiro atoms. The number of cyclic esters (lactones) is 1. The molecule has 6 atom stereocenters. The van der Waals surface area contributed by atoms with Crippen LogP contribution in [0.15, 0.2) is 36.0 Å². The van der Waals surface area contributed by atoms with Gasteiger partial charge in [-0.3, -0.25) is 4.79 Å². The highest BCUT2D eigenvalue weighted by atomic mass is 16.5. The fourth-order valence-corrected chi connectivity index (χ4v) is 4.79. The number of carbonyl (C=O) groups is 2. The highest BCUT2D eigenvalue weighted by Crippen LogP contribution is 2.45. The Morgan fingerprint density at radius 2 is 2.00 bits per heavy atom. The van der Waals surface area contributed by atoms with E-state index in [-0.39, 0.29) is 30.1 Å². The maximum atomic E-state index is 12.8. The summed E-state index contributed by atoms with van der Waals surface area (Å²) in [5, 5.41) is 0. The third-order valence-electron chi connectivity index (χ3n) is 7.05. The van der Waals surface area contributed by atoms with Crippen molar-refractivity contribution in [3.8, 4) is 0 Å². The zero-order chi connectivity index (χ0) is 21.2. The Hall–Kier alpha value is -1.84. The molecule has 29 heavy (non-hydrogen) atoms. The fourth-order valence-electron chi connectivity index (χ4n) is 4.79. The van der Waals surface area contributed by atoms with Crippen LogP contribution in [-0.2, 0) is 19.1 Å². The summed E-state index contributed by atoms with van der Waals surface area (Å²) in [7, 11) is 0. The van der Waals surface area contributed by atoms with Crippen molar-refractivity contribution in [2.75, 3.05) is 0 Å². The Morgan fingerprint density at radius 3 is 2.69 bits per heavy atom. The van der Waals surface area contributed by atoms with Gasteiger partial charge in [0.1, 0.15) is 12.2 Å². The van der Waals surface area contributed by atoms with Crippen LogP contribution in [0.4, 0.5) is 0 Å². The molecule has 0 bridgehead atoms. The molecule has 0 aromatic heterocycles. The zero-order valence-corrected chi connectivity index (χ0v) is 18.5. The third-order valence-corrected chi connectivity index (χ3v) is 7.05. The molecule has 2 aliphatic carbocycles. The SMILES string of the molecule is CCC(C)(C)C(=O)O[C@H]1C[C@@H](C)C=C2C=C[C@H](C)[C@H](CC[C@@H]3CC=CC(=O)O3)C21. The van der Waals surface area contributed by atoms with E-state index in [4.69, 9.17) is 9.47 Å². The Bertz CT molecular complexity index is 714. The van der Waals surface area contributed by atoms with Crippen molar-refractivity contribution >= 4 is 11.9 Å². The lowest BCUT2D eigenvalue weighted by Crippen LogP contribution is -2.43. The van der Waals surface area contributed by atoms with Crippen LogP contribution >= 0.6 is 0 Å². The quantitative estimate of drug-likeness (QED) is 0.561. The van der Waals surface area contributed by atoms with Gasteiger partial charge in [0, 0.05) is 18.4 Å². The first-order valence-electron chi connectivity index (χ1n) is 11.2. The molecule has 0 aromatic rings. The van der Waals surface area contributed by atoms with Gasteiger partial charge in [-0.1, -0.05) is 45.1 Å². The average molecular weight is 401 g/mol. The molecule has 0 amide bonds. The number of hydrogen-bond acceptors (Lipinski definition) is 4. The van der Waals surface area contributed by atoms with E-state index in [1.807, 2.05) is 26.8 Å². The molecule has 1 aliphatic heterocycles. The maximum absolute atomic E-state index is 12.8. The first-order chi connectivity index (χ1) is 13.7. The summed E-state index contributed by atoms with van der Waals surface area (Å²) >= 11 is 0. The summed E-state index contributed by atoms with van der Waals surface area (Å²) in [6.45, 7) is 10.4. The second-order valence-electron chi connectivity index (χ2n) is 9.74. The van der Waals surface area contributed by atoms with Gasteiger partial charge in [-0.15, -0.1) is 0 Å². The van der Waals surface area contributed by atoms with E-state index < -0.39 is 5.41 Å². The Morgan fingerprint density at radius 1 is 1.24 bits per heavy atom. The van der Waals surface area contributed by atoms with Crippen LogP contribution in [0.2, 0.25) is 0 Å². The highest BCUT2D eigenvalue weighted by Gasteiger charge is 2.43. The fraction of sp³-hybridized carbons (Fsp3) is 0.680. The molecule has 4 nitrogen and oxygen atoms in total. The molecule has 1 heterocycles. The molecule has 3 aliphatic rings. The minimum absolute atomic E-state index is 0.0411. The predicted molar refractivity (Wildman–Crippen MR) is 114 cm³/mol. The van der Waals surface area contributed by atoms with Gasteiger partial charge in [0.25, 0.3) is 0 Å². The molecule has 0 saturated heterocycles. The first-order valence-corrected chi connectivity index (χ1v) is 11.2. The van der Waals surface area contributed by atoms with Crippen molar-refractivity contribution < 1.29 is 19.1 Å². The molecule has 0 fully saturated rings. The summed E-state index contributed by atoms with van der Waals surface area (Å²) < 4.78 is 11.6. The number of ether oxygens (including phenoxy) is 2. The van der Waals surface area contributed by atoms with Gasteiger partial charge < -0.3 is 9.47 Å². The number of fused-ring (bicyclic) bond motifs is 1. The number of allylic oxidation sites excluding steroid dienone is 3. The van der Waals surface area contributed by atoms with Crippen molar-refractivity contribution in [1.82, 2.24) is 0 Å². The van der Waals surface area contributed by atoms with Crippen LogP contribution in [0.25, 0.3) is 0 Å². The molecule has 3 rings (SSSR count). The minimum Gasteiger partial charge on any atom is -0.461 e. The van der Waals surface area contributed by atoms with E-state index >= 15 is 0 Å². The second-order valence-corrected chi connectivity index (χ2v) is 9.74. The largest absolute Gasteiger partial charge is 0.461 e. The lowest BCUT2D eigenvalue weighted by Gasteiger charge is -2.44. The van der Waals surface area contributed by atoms with Crippen molar-refractivity contribution in [2.24, 2.45) is 29.1 Å². The van der Waals surface area contributed by atoms with E-state index in [1.165, 1.54) is 11.6 Å². The maximum Gasteiger partial charge on any atom is 0.330 e. The Balaban J connectivity index is 1.77. The number of rotatable bonds is 6. The summed E-state index contributed by atoms with van der Waals surface area (Å²) in [6, 6.07) is 0. The third kappa shape index (κ3) is 5.02. The van der Waals surface area contributed by atoms with Gasteiger partial charge in [0.05, 0.1) is 5.41 Å². The number of esters is 2. The zero-order valence-electron chi connectivity index (χ0n) is 18.5. The second kappa shape index (κ2) is 8.89. The number of carbonyl (C=O) groups excluding carboxylic acids is 2. The molecule has 0 aromatic carbocycles. The van der Waals surface area contributed by atoms with Gasteiger partial charge in [0.15, 0.2) is 0 Å². The molecule has 160 valence electrons. The summed E-state index contributed by atoms with van der Waals surface area (Å²) in [5.74, 6) is 1.07. The molecule has 1 unspecified atom stereocenters. The van der Waals surface area contributed by atoms with Crippen molar-refractivity contribution in [2.45, 2.75) is 78.9 Å². The molecule has 0 N–H and O–H groups in total. The van der Waals surface area contributed by atoms with Crippen LogP contribution in [0.5, 0.6) is 0 Å². The average Bonchev–Trinajstić information content (AvgIpc) is 2.67. The van der Waals surface area contributed by atoms with E-state index in [0.29, 0.717) is 17.8 Å². The predicted octanol–water partition coefficient (Wildman–Crippen LogP) is 5.39. The Kier molecular flexibility index (Phi) is 6.70. The lowest BCUT2D eigenvalue weighted by molar-refractivity contribution is -0.165. The van der Waals surface area contributed by atoms with Crippen LogP contribution in [0.3, 0.4) is 0 Å². The summed E-state index contributed by atoms with van der Waals surface area (Å²) in [4.78, 5) is 24.4. The molecular weight excluding hydrogens is 364 g/mol. The van der Waals surface area contributed by atoms with Crippen LogP contribution in [0, 0.1) is 29.1 Å². The molecule has 0 radical (unpaired) electrons. The Labute approximate surface area is 175 Å². The summed E-state index contributed by atoms with van der Waals surface area (Å²) in [5.41, 5.74) is 0.846. The van der Waals surface area contributed by atoms with E-state index in [9.17, 15) is 9.59 Å². The number of hydrogen-bond donors (Lipinski definition) is 0. The van der Waals surface area contributed by atoms with Crippen LogP contribution in [-0.4, -0.2) is 24.1 Å². The lowest BCUT2D eigenvalue weighted by atomic mass is 9.65. The van der Waals surface area contributed by atoms with Gasteiger partial charge in [0.2, 0.25) is 0 Å². The van der Waals surface area contributed by atoms with Gasteiger partial charge in [-0.25, -0.2) is 4.79 Å². The summed E-state index contributed by atoms with van der Waals surface area (Å²) in [6.07, 6.45) is 14.4. The van der Waals surface area contributed by atoms with E-state index in [1.54, 1.807) is 0 Å². The van der Waals surface area contributed by atoms with Gasteiger partial charge in [-0.05, 0) is 62.9 Å².